The van der Waals surface area contributed by atoms with E-state index in [-0.39, 0.29) is 11.4 Å². The molecule has 1 aliphatic rings. The van der Waals surface area contributed by atoms with Crippen LogP contribution in [0.5, 0.6) is 0 Å². The highest BCUT2D eigenvalue weighted by atomic mass is 19.1. The molecule has 0 aromatic heterocycles. The molecule has 2 aromatic rings. The van der Waals surface area contributed by atoms with Crippen LogP contribution in [-0.4, -0.2) is 19.6 Å². The first-order valence-electron chi connectivity index (χ1n) is 7.09. The third kappa shape index (κ3) is 2.76. The van der Waals surface area contributed by atoms with Crippen molar-refractivity contribution in [3.8, 4) is 0 Å². The van der Waals surface area contributed by atoms with Crippen LogP contribution in [0.3, 0.4) is 0 Å². The number of piperazine rings is 1. The molecule has 0 spiro atoms. The summed E-state index contributed by atoms with van der Waals surface area (Å²) in [5, 5.41) is 3.49. The van der Waals surface area contributed by atoms with Crippen molar-refractivity contribution in [2.45, 2.75) is 12.5 Å². The van der Waals surface area contributed by atoms with E-state index in [1.165, 1.54) is 12.1 Å². The van der Waals surface area contributed by atoms with Gasteiger partial charge in [-0.05, 0) is 24.6 Å². The summed E-state index contributed by atoms with van der Waals surface area (Å²) in [7, 11) is 0. The molecular weight excluding hydrogens is 270 g/mol. The van der Waals surface area contributed by atoms with Gasteiger partial charge in [0, 0.05) is 25.7 Å². The fraction of sp³-hybridized carbons (Fsp3) is 0.294. The van der Waals surface area contributed by atoms with Crippen molar-refractivity contribution in [3.05, 3.63) is 65.7 Å². The van der Waals surface area contributed by atoms with E-state index in [0.717, 1.165) is 18.2 Å². The van der Waals surface area contributed by atoms with E-state index >= 15 is 0 Å². The van der Waals surface area contributed by atoms with Gasteiger partial charge in [-0.1, -0.05) is 30.3 Å². The maximum Gasteiger partial charge on any atom is 0.146 e. The highest BCUT2D eigenvalue weighted by Crippen LogP contribution is 2.29. The second-order valence-corrected chi connectivity index (χ2v) is 5.64. The van der Waals surface area contributed by atoms with Crippen LogP contribution in [0.4, 0.5) is 14.5 Å². The Balaban J connectivity index is 1.91. The molecule has 0 saturated carbocycles. The summed E-state index contributed by atoms with van der Waals surface area (Å²) in [5.41, 5.74) is 1.20. The predicted molar refractivity (Wildman–Crippen MR) is 80.4 cm³/mol. The quantitative estimate of drug-likeness (QED) is 0.912. The van der Waals surface area contributed by atoms with Crippen molar-refractivity contribution in [2.75, 3.05) is 24.5 Å². The number of nitrogens with one attached hydrogen (secondary N) is 1. The Bertz CT molecular complexity index is 630. The van der Waals surface area contributed by atoms with Gasteiger partial charge in [-0.3, -0.25) is 0 Å². The standard InChI is InChI=1S/C17H18F2N2/c1-17(13-5-3-2-4-6-13)12-21(10-9-20-17)16-11-14(18)7-8-15(16)19/h2-8,11,20H,9-10,12H2,1H3. The first kappa shape index (κ1) is 14.0. The van der Waals surface area contributed by atoms with Crippen molar-refractivity contribution in [2.24, 2.45) is 0 Å². The van der Waals surface area contributed by atoms with Gasteiger partial charge in [0.05, 0.1) is 11.2 Å². The summed E-state index contributed by atoms with van der Waals surface area (Å²) in [6.45, 7) is 4.06. The number of hydrogen-bond acceptors (Lipinski definition) is 2. The molecule has 2 nitrogen and oxygen atoms in total. The fourth-order valence-electron chi connectivity index (χ4n) is 2.92. The fourth-order valence-corrected chi connectivity index (χ4v) is 2.92. The first-order valence-corrected chi connectivity index (χ1v) is 7.09. The largest absolute Gasteiger partial charge is 0.366 e. The summed E-state index contributed by atoms with van der Waals surface area (Å²) in [5.74, 6) is -0.792. The summed E-state index contributed by atoms with van der Waals surface area (Å²) in [4.78, 5) is 1.90. The van der Waals surface area contributed by atoms with Crippen LogP contribution in [0.1, 0.15) is 12.5 Å². The Hall–Kier alpha value is -1.94. The normalized spacial score (nSPS) is 22.3. The lowest BCUT2D eigenvalue weighted by atomic mass is 9.89. The Labute approximate surface area is 123 Å². The molecule has 0 bridgehead atoms. The summed E-state index contributed by atoms with van der Waals surface area (Å²) in [6.07, 6.45) is 0. The number of nitrogens with zero attached hydrogens (tertiary/aromatic N) is 1. The zero-order chi connectivity index (χ0) is 14.9. The van der Waals surface area contributed by atoms with Crippen molar-refractivity contribution in [3.63, 3.8) is 0 Å². The van der Waals surface area contributed by atoms with Gasteiger partial charge in [0.25, 0.3) is 0 Å². The Morgan fingerprint density at radius 1 is 1.10 bits per heavy atom. The lowest BCUT2D eigenvalue weighted by Crippen LogP contribution is -2.57. The average Bonchev–Trinajstić information content (AvgIpc) is 2.51. The second-order valence-electron chi connectivity index (χ2n) is 5.64. The van der Waals surface area contributed by atoms with Crippen LogP contribution in [0.15, 0.2) is 48.5 Å². The van der Waals surface area contributed by atoms with Gasteiger partial charge in [0.2, 0.25) is 0 Å². The van der Waals surface area contributed by atoms with Gasteiger partial charge >= 0.3 is 0 Å². The van der Waals surface area contributed by atoms with Crippen LogP contribution in [0, 0.1) is 11.6 Å². The zero-order valence-electron chi connectivity index (χ0n) is 11.9. The molecule has 1 saturated heterocycles. The van der Waals surface area contributed by atoms with E-state index in [2.05, 4.69) is 24.4 Å². The van der Waals surface area contributed by atoms with Gasteiger partial charge in [0.1, 0.15) is 11.6 Å². The lowest BCUT2D eigenvalue weighted by molar-refractivity contribution is 0.330. The van der Waals surface area contributed by atoms with Crippen LogP contribution >= 0.6 is 0 Å². The maximum absolute atomic E-state index is 14.0. The number of benzene rings is 2. The minimum Gasteiger partial charge on any atom is -0.366 e. The molecule has 0 radical (unpaired) electrons. The first-order chi connectivity index (χ1) is 10.1. The molecule has 0 aliphatic carbocycles. The third-order valence-corrected chi connectivity index (χ3v) is 4.06. The van der Waals surface area contributed by atoms with Gasteiger partial charge in [-0.25, -0.2) is 8.78 Å². The minimum atomic E-state index is -0.411. The average molecular weight is 288 g/mol. The minimum absolute atomic E-state index is 0.279. The van der Waals surface area contributed by atoms with E-state index in [4.69, 9.17) is 0 Å². The van der Waals surface area contributed by atoms with Crippen molar-refractivity contribution >= 4 is 5.69 Å². The van der Waals surface area contributed by atoms with E-state index in [9.17, 15) is 8.78 Å². The van der Waals surface area contributed by atoms with E-state index in [1.54, 1.807) is 0 Å². The van der Waals surface area contributed by atoms with Crippen LogP contribution in [-0.2, 0) is 5.54 Å². The molecule has 2 aromatic carbocycles. The van der Waals surface area contributed by atoms with Crippen molar-refractivity contribution < 1.29 is 8.78 Å². The maximum atomic E-state index is 14.0. The molecule has 1 N–H and O–H groups in total. The molecule has 0 amide bonds. The Morgan fingerprint density at radius 3 is 2.62 bits per heavy atom. The summed E-state index contributed by atoms with van der Waals surface area (Å²) in [6, 6.07) is 13.7. The lowest BCUT2D eigenvalue weighted by Gasteiger charge is -2.43. The molecule has 3 rings (SSSR count). The van der Waals surface area contributed by atoms with E-state index in [1.807, 2.05) is 23.1 Å². The SMILES string of the molecule is CC1(c2ccccc2)CN(c2cc(F)ccc2F)CCN1. The predicted octanol–water partition coefficient (Wildman–Crippen LogP) is 3.29. The van der Waals surface area contributed by atoms with E-state index in [0.29, 0.717) is 18.8 Å². The van der Waals surface area contributed by atoms with Crippen LogP contribution in [0.2, 0.25) is 0 Å². The van der Waals surface area contributed by atoms with Crippen LogP contribution < -0.4 is 10.2 Å². The highest BCUT2D eigenvalue weighted by Gasteiger charge is 2.33. The molecule has 1 unspecified atom stereocenters. The van der Waals surface area contributed by atoms with Crippen molar-refractivity contribution in [1.29, 1.82) is 0 Å². The summed E-state index contributed by atoms with van der Waals surface area (Å²) >= 11 is 0. The molecule has 110 valence electrons. The van der Waals surface area contributed by atoms with Gasteiger partial charge < -0.3 is 10.2 Å². The number of anilines is 1. The molecular formula is C17H18F2N2. The molecule has 1 fully saturated rings. The molecule has 21 heavy (non-hydrogen) atoms. The Kier molecular flexibility index (Phi) is 3.64. The smallest absolute Gasteiger partial charge is 0.146 e. The van der Waals surface area contributed by atoms with Gasteiger partial charge in [-0.2, -0.15) is 0 Å². The highest BCUT2D eigenvalue weighted by molar-refractivity contribution is 5.49. The third-order valence-electron chi connectivity index (χ3n) is 4.06. The summed E-state index contributed by atoms with van der Waals surface area (Å²) < 4.78 is 27.4. The molecule has 1 aliphatic heterocycles. The van der Waals surface area contributed by atoms with E-state index < -0.39 is 5.82 Å². The second kappa shape index (κ2) is 5.45. The molecule has 1 atom stereocenters. The van der Waals surface area contributed by atoms with Crippen molar-refractivity contribution in [1.82, 2.24) is 5.32 Å². The van der Waals surface area contributed by atoms with Gasteiger partial charge in [-0.15, -0.1) is 0 Å². The molecule has 4 heteroatoms. The molecule has 1 heterocycles. The number of rotatable bonds is 2. The Morgan fingerprint density at radius 2 is 1.86 bits per heavy atom. The number of hydrogen-bond donors (Lipinski definition) is 1. The topological polar surface area (TPSA) is 15.3 Å². The van der Waals surface area contributed by atoms with Gasteiger partial charge in [0.15, 0.2) is 0 Å². The monoisotopic (exact) mass is 288 g/mol. The number of halogens is 2. The van der Waals surface area contributed by atoms with Crippen LogP contribution in [0.25, 0.3) is 0 Å². The zero-order valence-corrected chi connectivity index (χ0v) is 11.9.